The Bertz CT molecular complexity index is 1620. The van der Waals surface area contributed by atoms with Gasteiger partial charge >= 0.3 is 0 Å². The minimum Gasteiger partial charge on any atom is -0.490 e. The van der Waals surface area contributed by atoms with Crippen LogP contribution in [0.15, 0.2) is 69.9 Å². The Balaban J connectivity index is 1.45. The van der Waals surface area contributed by atoms with E-state index >= 15 is 0 Å². The Morgan fingerprint density at radius 2 is 1.80 bits per heavy atom. The Kier molecular flexibility index (Phi) is 7.07. The molecule has 2 atom stereocenters. The van der Waals surface area contributed by atoms with Crippen molar-refractivity contribution in [2.45, 2.75) is 52.4 Å². The van der Waals surface area contributed by atoms with Crippen molar-refractivity contribution in [3.63, 3.8) is 0 Å². The van der Waals surface area contributed by atoms with Gasteiger partial charge in [0.1, 0.15) is 12.2 Å². The number of rotatable bonds is 8. The minimum atomic E-state index is -0.629. The maximum absolute atomic E-state index is 14.1. The maximum atomic E-state index is 14.1. The van der Waals surface area contributed by atoms with E-state index in [0.29, 0.717) is 54.4 Å². The molecule has 206 valence electrons. The molecule has 6 rings (SSSR count). The highest BCUT2D eigenvalue weighted by Gasteiger charge is 2.44. The van der Waals surface area contributed by atoms with Gasteiger partial charge in [-0.25, -0.2) is 0 Å². The van der Waals surface area contributed by atoms with Crippen molar-refractivity contribution in [1.82, 2.24) is 4.90 Å². The van der Waals surface area contributed by atoms with E-state index in [9.17, 15) is 9.59 Å². The molecule has 1 fully saturated rings. The molecule has 0 radical (unpaired) electrons. The summed E-state index contributed by atoms with van der Waals surface area (Å²) >= 11 is 0. The number of benzene rings is 3. The number of nitrogens with zero attached hydrogens (tertiary/aromatic N) is 1. The summed E-state index contributed by atoms with van der Waals surface area (Å²) in [6.07, 6.45) is 1.73. The third-order valence-electron chi connectivity index (χ3n) is 7.66. The van der Waals surface area contributed by atoms with Gasteiger partial charge in [0.15, 0.2) is 16.9 Å². The van der Waals surface area contributed by atoms with Crippen LogP contribution >= 0.6 is 0 Å². The minimum absolute atomic E-state index is 0.0888. The fourth-order valence-corrected chi connectivity index (χ4v) is 5.87. The van der Waals surface area contributed by atoms with Crippen LogP contribution < -0.4 is 14.9 Å². The number of hydrogen-bond donors (Lipinski definition) is 0. The van der Waals surface area contributed by atoms with Crippen molar-refractivity contribution in [3.05, 3.63) is 104 Å². The quantitative estimate of drug-likeness (QED) is 0.269. The molecule has 2 aliphatic rings. The van der Waals surface area contributed by atoms with E-state index in [1.807, 2.05) is 81.4 Å². The summed E-state index contributed by atoms with van der Waals surface area (Å²) in [4.78, 5) is 29.7. The second kappa shape index (κ2) is 10.8. The molecular weight excluding hydrogens is 506 g/mol. The monoisotopic (exact) mass is 539 g/mol. The van der Waals surface area contributed by atoms with Crippen LogP contribution in [0.3, 0.4) is 0 Å². The van der Waals surface area contributed by atoms with Crippen LogP contribution in [-0.2, 0) is 11.3 Å². The van der Waals surface area contributed by atoms with Gasteiger partial charge in [-0.05, 0) is 74.1 Å². The first-order valence-electron chi connectivity index (χ1n) is 13.9. The third kappa shape index (κ3) is 4.75. The van der Waals surface area contributed by atoms with Gasteiger partial charge in [0, 0.05) is 13.2 Å². The second-order valence-electron chi connectivity index (χ2n) is 10.5. The van der Waals surface area contributed by atoms with Gasteiger partial charge in [-0.2, -0.15) is 0 Å². The normalized spacial score (nSPS) is 18.4. The molecule has 1 aromatic heterocycles. The van der Waals surface area contributed by atoms with Crippen LogP contribution in [0.5, 0.6) is 11.5 Å². The fourth-order valence-electron chi connectivity index (χ4n) is 5.87. The van der Waals surface area contributed by atoms with Crippen molar-refractivity contribution >= 4 is 16.9 Å². The van der Waals surface area contributed by atoms with Crippen LogP contribution in [-0.4, -0.2) is 36.7 Å². The molecule has 0 bridgehead atoms. The van der Waals surface area contributed by atoms with E-state index in [4.69, 9.17) is 18.6 Å². The molecule has 4 aromatic rings. The molecule has 7 nitrogen and oxygen atoms in total. The lowest BCUT2D eigenvalue weighted by atomic mass is 9.96. The number of fused-ring (bicyclic) bond motifs is 2. The Hall–Kier alpha value is -4.10. The van der Waals surface area contributed by atoms with Gasteiger partial charge in [0.25, 0.3) is 5.91 Å². The molecule has 1 amide bonds. The molecule has 40 heavy (non-hydrogen) atoms. The van der Waals surface area contributed by atoms with Crippen LogP contribution in [0.4, 0.5) is 0 Å². The first kappa shape index (κ1) is 26.1. The van der Waals surface area contributed by atoms with E-state index in [2.05, 4.69) is 0 Å². The second-order valence-corrected chi connectivity index (χ2v) is 10.5. The van der Waals surface area contributed by atoms with Crippen molar-refractivity contribution in [2.75, 3.05) is 19.8 Å². The average molecular weight is 540 g/mol. The molecule has 3 aromatic carbocycles. The first-order valence-corrected chi connectivity index (χ1v) is 13.9. The Morgan fingerprint density at radius 3 is 2.55 bits per heavy atom. The van der Waals surface area contributed by atoms with Crippen LogP contribution in [0.25, 0.3) is 11.0 Å². The number of hydrogen-bond acceptors (Lipinski definition) is 6. The molecule has 2 unspecified atom stereocenters. The highest BCUT2D eigenvalue weighted by Crippen LogP contribution is 2.42. The lowest BCUT2D eigenvalue weighted by Crippen LogP contribution is -2.36. The lowest BCUT2D eigenvalue weighted by Gasteiger charge is -2.28. The van der Waals surface area contributed by atoms with Crippen LogP contribution in [0.1, 0.15) is 64.2 Å². The van der Waals surface area contributed by atoms with Crippen molar-refractivity contribution in [3.8, 4) is 11.5 Å². The van der Waals surface area contributed by atoms with Crippen molar-refractivity contribution in [2.24, 2.45) is 0 Å². The smallest absolute Gasteiger partial charge is 0.291 e. The van der Waals surface area contributed by atoms with Crippen LogP contribution in [0, 0.1) is 13.8 Å². The summed E-state index contributed by atoms with van der Waals surface area (Å²) in [7, 11) is 0. The average Bonchev–Trinajstić information content (AvgIpc) is 3.55. The Morgan fingerprint density at radius 1 is 0.975 bits per heavy atom. The number of carbonyl (C=O) groups excluding carboxylic acids is 1. The highest BCUT2D eigenvalue weighted by molar-refractivity contribution is 5.99. The van der Waals surface area contributed by atoms with E-state index in [1.54, 1.807) is 4.90 Å². The summed E-state index contributed by atoms with van der Waals surface area (Å²) in [6, 6.07) is 18.7. The van der Waals surface area contributed by atoms with Gasteiger partial charge in [0.05, 0.1) is 29.7 Å². The summed E-state index contributed by atoms with van der Waals surface area (Å²) in [6.45, 7) is 7.65. The van der Waals surface area contributed by atoms with Gasteiger partial charge in [0.2, 0.25) is 5.76 Å². The van der Waals surface area contributed by atoms with E-state index < -0.39 is 6.04 Å². The van der Waals surface area contributed by atoms with E-state index in [-0.39, 0.29) is 23.2 Å². The molecule has 7 heteroatoms. The fraction of sp³-hybridized carbons (Fsp3) is 0.333. The molecule has 1 saturated heterocycles. The number of carbonyl (C=O) groups is 1. The van der Waals surface area contributed by atoms with Gasteiger partial charge < -0.3 is 23.5 Å². The molecule has 0 aliphatic carbocycles. The lowest BCUT2D eigenvalue weighted by molar-refractivity contribution is 0.0486. The third-order valence-corrected chi connectivity index (χ3v) is 7.66. The zero-order chi connectivity index (χ0) is 27.8. The molecule has 3 heterocycles. The number of ether oxygens (including phenoxy) is 3. The van der Waals surface area contributed by atoms with E-state index in [0.717, 1.165) is 35.1 Å². The van der Waals surface area contributed by atoms with Crippen molar-refractivity contribution in [1.29, 1.82) is 0 Å². The van der Waals surface area contributed by atoms with Gasteiger partial charge in [-0.15, -0.1) is 0 Å². The molecular formula is C33H33NO6. The number of amides is 1. The predicted molar refractivity (Wildman–Crippen MR) is 152 cm³/mol. The first-order chi connectivity index (χ1) is 19.4. The SMILES string of the molecule is CCOc1cc(C2c3c(oc4cc(C)cc(C)c4c3=O)C(=O)N2CC2CCCO2)ccc1OCc1ccccc1. The van der Waals surface area contributed by atoms with E-state index in [1.165, 1.54) is 0 Å². The molecule has 0 saturated carbocycles. The number of aryl methyl sites for hydroxylation is 2. The van der Waals surface area contributed by atoms with Crippen LogP contribution in [0.2, 0.25) is 0 Å². The standard InChI is InChI=1S/C33H33NO6/c1-4-37-26-17-23(12-13-25(26)39-19-22-9-6-5-7-10-22)30-29-31(35)28-21(3)15-20(2)16-27(28)40-32(29)33(36)34(30)18-24-11-8-14-38-24/h5-7,9-10,12-13,15-17,24,30H,4,8,11,14,18-19H2,1-3H3. The topological polar surface area (TPSA) is 78.2 Å². The molecule has 0 spiro atoms. The zero-order valence-corrected chi connectivity index (χ0v) is 23.1. The highest BCUT2D eigenvalue weighted by atomic mass is 16.5. The summed E-state index contributed by atoms with van der Waals surface area (Å²) in [5, 5.41) is 0.508. The van der Waals surface area contributed by atoms with Gasteiger partial charge in [-0.1, -0.05) is 42.5 Å². The molecule has 2 aliphatic heterocycles. The predicted octanol–water partition coefficient (Wildman–Crippen LogP) is 6.11. The maximum Gasteiger partial charge on any atom is 0.291 e. The molecule has 0 N–H and O–H groups in total. The zero-order valence-electron chi connectivity index (χ0n) is 23.1. The Labute approximate surface area is 233 Å². The largest absolute Gasteiger partial charge is 0.490 e. The summed E-state index contributed by atoms with van der Waals surface area (Å²) in [5.41, 5.74) is 4.23. The summed E-state index contributed by atoms with van der Waals surface area (Å²) < 4.78 is 24.2. The van der Waals surface area contributed by atoms with Gasteiger partial charge in [-0.3, -0.25) is 9.59 Å². The summed E-state index contributed by atoms with van der Waals surface area (Å²) in [5.74, 6) is 0.969. The van der Waals surface area contributed by atoms with Crippen molar-refractivity contribution < 1.29 is 23.4 Å².